The Bertz CT molecular complexity index is 443. The first kappa shape index (κ1) is 23.3. The predicted molar refractivity (Wildman–Crippen MR) is 120 cm³/mol. The van der Waals surface area contributed by atoms with Gasteiger partial charge >= 0.3 is 0 Å². The lowest BCUT2D eigenvalue weighted by Gasteiger charge is -2.09. The monoisotopic (exact) mass is 390 g/mol. The van der Waals surface area contributed by atoms with Crippen LogP contribution >= 0.6 is 0 Å². The summed E-state index contributed by atoms with van der Waals surface area (Å²) in [7, 11) is 0. The van der Waals surface area contributed by atoms with Crippen LogP contribution in [-0.4, -0.2) is 65.4 Å². The van der Waals surface area contributed by atoms with E-state index in [0.29, 0.717) is 0 Å². The first-order valence-corrected chi connectivity index (χ1v) is 11.3. The molecule has 1 aliphatic rings. The fourth-order valence-electron chi connectivity index (χ4n) is 3.35. The predicted octanol–water partition coefficient (Wildman–Crippen LogP) is 0.798. The molecule has 0 aromatic heterocycles. The smallest absolute Gasteiger partial charge is 0.0205 e. The van der Waals surface area contributed by atoms with E-state index < -0.39 is 0 Å². The zero-order chi connectivity index (χ0) is 19.5. The average molecular weight is 391 g/mol. The van der Waals surface area contributed by atoms with E-state index >= 15 is 0 Å². The molecule has 0 saturated carbocycles. The molecule has 0 fully saturated rings. The summed E-state index contributed by atoms with van der Waals surface area (Å²) in [6, 6.07) is 8.92. The van der Waals surface area contributed by atoms with E-state index in [0.717, 1.165) is 78.5 Å². The summed E-state index contributed by atoms with van der Waals surface area (Å²) in [5.74, 6) is 0. The fourth-order valence-corrected chi connectivity index (χ4v) is 3.35. The van der Waals surface area contributed by atoms with E-state index in [2.05, 4.69) is 56.2 Å². The highest BCUT2D eigenvalue weighted by molar-refractivity contribution is 5.23. The van der Waals surface area contributed by atoms with Gasteiger partial charge in [0.1, 0.15) is 0 Å². The van der Waals surface area contributed by atoms with Gasteiger partial charge in [-0.15, -0.1) is 0 Å². The lowest BCUT2D eigenvalue weighted by molar-refractivity contribution is 0.543. The minimum absolute atomic E-state index is 0.954. The maximum atomic E-state index is 3.56. The van der Waals surface area contributed by atoms with Crippen LogP contribution in [0, 0.1) is 0 Å². The number of hydrogen-bond donors (Lipinski definition) is 6. The van der Waals surface area contributed by atoms with Crippen LogP contribution in [0.25, 0.3) is 0 Å². The third kappa shape index (κ3) is 12.4. The molecule has 2 bridgehead atoms. The van der Waals surface area contributed by atoms with Crippen LogP contribution in [0.5, 0.6) is 0 Å². The molecule has 0 radical (unpaired) electrons. The molecule has 2 rings (SSSR count). The minimum atomic E-state index is 0.954. The second kappa shape index (κ2) is 16.9. The van der Waals surface area contributed by atoms with E-state index in [1.54, 1.807) is 0 Å². The van der Waals surface area contributed by atoms with Gasteiger partial charge in [-0.05, 0) is 89.2 Å². The Kier molecular flexibility index (Phi) is 14.0. The number of fused-ring (bicyclic) bond motifs is 2. The van der Waals surface area contributed by atoms with Crippen molar-refractivity contribution in [3.8, 4) is 0 Å². The number of nitrogens with one attached hydrogen (secondary N) is 6. The van der Waals surface area contributed by atoms with Crippen molar-refractivity contribution >= 4 is 0 Å². The highest BCUT2D eigenvalue weighted by Gasteiger charge is 1.98. The van der Waals surface area contributed by atoms with E-state index in [1.165, 1.54) is 36.8 Å². The third-order valence-corrected chi connectivity index (χ3v) is 4.96. The summed E-state index contributed by atoms with van der Waals surface area (Å²) in [6.07, 6.45) is 4.73. The molecule has 6 nitrogen and oxygen atoms in total. The van der Waals surface area contributed by atoms with Gasteiger partial charge in [-0.3, -0.25) is 0 Å². The Morgan fingerprint density at radius 1 is 0.429 bits per heavy atom. The van der Waals surface area contributed by atoms with Crippen molar-refractivity contribution in [2.75, 3.05) is 65.4 Å². The SMILES string of the molecule is c1cc2cc(c1)CNCCCNCCCNCCNCCCNCCCNC2. The number of rotatable bonds is 0. The average Bonchev–Trinajstić information content (AvgIpc) is 2.71. The van der Waals surface area contributed by atoms with Crippen LogP contribution in [-0.2, 0) is 13.1 Å². The van der Waals surface area contributed by atoms with Crippen molar-refractivity contribution in [1.82, 2.24) is 31.9 Å². The lowest BCUT2D eigenvalue weighted by Crippen LogP contribution is -2.31. The topological polar surface area (TPSA) is 72.2 Å². The summed E-state index contributed by atoms with van der Waals surface area (Å²) in [5.41, 5.74) is 2.75. The van der Waals surface area contributed by atoms with Gasteiger partial charge in [0.15, 0.2) is 0 Å². The zero-order valence-corrected chi connectivity index (χ0v) is 17.6. The molecule has 6 heteroatoms. The van der Waals surface area contributed by atoms with Gasteiger partial charge in [-0.1, -0.05) is 24.3 Å². The van der Waals surface area contributed by atoms with Gasteiger partial charge in [-0.25, -0.2) is 0 Å². The molecule has 1 aromatic rings. The van der Waals surface area contributed by atoms with Gasteiger partial charge in [0.05, 0.1) is 0 Å². The molecule has 1 aromatic carbocycles. The van der Waals surface area contributed by atoms with Gasteiger partial charge in [0.2, 0.25) is 0 Å². The van der Waals surface area contributed by atoms with Gasteiger partial charge in [-0.2, -0.15) is 0 Å². The van der Waals surface area contributed by atoms with Crippen molar-refractivity contribution in [2.45, 2.75) is 38.8 Å². The third-order valence-electron chi connectivity index (χ3n) is 4.96. The standard InChI is InChI=1S/C22H42N6/c1-6-21-18-22(7-1)20-28-15-5-11-24-9-3-13-26-17-16-25-12-2-8-23-10-4-14-27-19-21/h1,6-7,18,23-28H,2-5,8-17,19-20H2. The molecule has 0 spiro atoms. The van der Waals surface area contributed by atoms with Gasteiger partial charge in [0, 0.05) is 26.2 Å². The summed E-state index contributed by atoms with van der Waals surface area (Å²) >= 11 is 0. The molecule has 0 aliphatic carbocycles. The van der Waals surface area contributed by atoms with Crippen LogP contribution in [0.1, 0.15) is 36.8 Å². The van der Waals surface area contributed by atoms with Crippen LogP contribution in [0.2, 0.25) is 0 Å². The van der Waals surface area contributed by atoms with Crippen LogP contribution in [0.4, 0.5) is 0 Å². The summed E-state index contributed by atoms with van der Waals surface area (Å²) < 4.78 is 0. The second-order valence-corrected chi connectivity index (χ2v) is 7.59. The van der Waals surface area contributed by atoms with Crippen molar-refractivity contribution in [1.29, 1.82) is 0 Å². The molecule has 1 aliphatic heterocycles. The molecular formula is C22H42N6. The van der Waals surface area contributed by atoms with Crippen LogP contribution < -0.4 is 31.9 Å². The van der Waals surface area contributed by atoms with Crippen molar-refractivity contribution in [3.05, 3.63) is 35.4 Å². The highest BCUT2D eigenvalue weighted by atomic mass is 15.0. The first-order valence-electron chi connectivity index (χ1n) is 11.3. The van der Waals surface area contributed by atoms with Crippen LogP contribution in [0.3, 0.4) is 0 Å². The highest BCUT2D eigenvalue weighted by Crippen LogP contribution is 2.05. The van der Waals surface area contributed by atoms with Gasteiger partial charge in [0.25, 0.3) is 0 Å². The Balaban J connectivity index is 1.65. The molecule has 0 saturated heterocycles. The summed E-state index contributed by atoms with van der Waals surface area (Å²) in [6.45, 7) is 12.7. The fraction of sp³-hybridized carbons (Fsp3) is 0.727. The van der Waals surface area contributed by atoms with E-state index in [-0.39, 0.29) is 0 Å². The quantitative estimate of drug-likeness (QED) is 0.394. The van der Waals surface area contributed by atoms with Crippen molar-refractivity contribution in [2.24, 2.45) is 0 Å². The Labute approximate surface area is 172 Å². The molecule has 1 heterocycles. The van der Waals surface area contributed by atoms with Crippen molar-refractivity contribution in [3.63, 3.8) is 0 Å². The van der Waals surface area contributed by atoms with Crippen molar-refractivity contribution < 1.29 is 0 Å². The van der Waals surface area contributed by atoms with Crippen LogP contribution in [0.15, 0.2) is 24.3 Å². The largest absolute Gasteiger partial charge is 0.317 e. The normalized spacial score (nSPS) is 21.3. The zero-order valence-electron chi connectivity index (χ0n) is 17.6. The molecule has 0 atom stereocenters. The molecule has 0 amide bonds. The maximum absolute atomic E-state index is 3.56. The number of hydrogen-bond acceptors (Lipinski definition) is 6. The lowest BCUT2D eigenvalue weighted by atomic mass is 10.1. The Hall–Kier alpha value is -1.02. The Morgan fingerprint density at radius 2 is 0.786 bits per heavy atom. The Morgan fingerprint density at radius 3 is 1.21 bits per heavy atom. The molecule has 0 unspecified atom stereocenters. The van der Waals surface area contributed by atoms with E-state index in [4.69, 9.17) is 0 Å². The second-order valence-electron chi connectivity index (χ2n) is 7.59. The van der Waals surface area contributed by atoms with E-state index in [9.17, 15) is 0 Å². The maximum Gasteiger partial charge on any atom is 0.0205 e. The molecular weight excluding hydrogens is 348 g/mol. The summed E-state index contributed by atoms with van der Waals surface area (Å²) in [5, 5.41) is 21.2. The molecule has 6 N–H and O–H groups in total. The molecule has 28 heavy (non-hydrogen) atoms. The van der Waals surface area contributed by atoms with E-state index in [1.807, 2.05) is 0 Å². The first-order chi connectivity index (χ1) is 13.9. The number of benzene rings is 1. The summed E-state index contributed by atoms with van der Waals surface area (Å²) in [4.78, 5) is 0. The minimum Gasteiger partial charge on any atom is -0.317 e. The van der Waals surface area contributed by atoms with Gasteiger partial charge < -0.3 is 31.9 Å². The molecule has 160 valence electrons.